The largest absolute Gasteiger partial charge is 0.339 e. The van der Waals surface area contributed by atoms with Crippen LogP contribution in [0.4, 0.5) is 5.95 Å². The molecule has 1 aliphatic rings. The Balaban J connectivity index is 1.92. The molecule has 0 aromatic carbocycles. The molecule has 1 aromatic heterocycles. The summed E-state index contributed by atoms with van der Waals surface area (Å²) in [7, 11) is 2.04. The summed E-state index contributed by atoms with van der Waals surface area (Å²) in [5.74, 6) is 2.49. The molecule has 2 N–H and O–H groups in total. The number of hydrogen-bond acceptors (Lipinski definition) is 4. The summed E-state index contributed by atoms with van der Waals surface area (Å²) in [4.78, 5) is 6.84. The number of aromatic nitrogens is 3. The van der Waals surface area contributed by atoms with E-state index in [-0.39, 0.29) is 0 Å². The second-order valence-corrected chi connectivity index (χ2v) is 5.23. The van der Waals surface area contributed by atoms with Crippen LogP contribution in [-0.4, -0.2) is 41.4 Å². The van der Waals surface area contributed by atoms with Crippen molar-refractivity contribution in [2.24, 2.45) is 5.92 Å². The molecule has 5 heteroatoms. The third kappa shape index (κ3) is 3.19. The molecule has 5 nitrogen and oxygen atoms in total. The van der Waals surface area contributed by atoms with E-state index in [0.29, 0.717) is 12.0 Å². The quantitative estimate of drug-likeness (QED) is 0.826. The molecule has 0 amide bonds. The van der Waals surface area contributed by atoms with Crippen LogP contribution in [0.1, 0.15) is 32.5 Å². The maximum absolute atomic E-state index is 4.56. The highest BCUT2D eigenvalue weighted by Gasteiger charge is 2.20. The zero-order valence-corrected chi connectivity index (χ0v) is 11.0. The molecule has 1 aromatic rings. The Bertz CT molecular complexity index is 338. The van der Waals surface area contributed by atoms with E-state index < -0.39 is 0 Å². The van der Waals surface area contributed by atoms with Crippen molar-refractivity contribution in [2.75, 3.05) is 25.0 Å². The van der Waals surface area contributed by atoms with Crippen molar-refractivity contribution in [3.63, 3.8) is 0 Å². The molecule has 1 aliphatic heterocycles. The van der Waals surface area contributed by atoms with Crippen LogP contribution in [0.15, 0.2) is 0 Å². The van der Waals surface area contributed by atoms with Crippen LogP contribution in [0.2, 0.25) is 0 Å². The van der Waals surface area contributed by atoms with Crippen molar-refractivity contribution in [2.45, 2.75) is 39.2 Å². The summed E-state index contributed by atoms with van der Waals surface area (Å²) < 4.78 is 0. The van der Waals surface area contributed by atoms with Gasteiger partial charge in [0.05, 0.1) is 0 Å². The summed E-state index contributed by atoms with van der Waals surface area (Å²) in [5, 5.41) is 10.7. The summed E-state index contributed by atoms with van der Waals surface area (Å²) in [6.07, 6.45) is 3.31. The van der Waals surface area contributed by atoms with Gasteiger partial charge in [-0.1, -0.05) is 13.8 Å². The predicted octanol–water partition coefficient (Wildman–Crippen LogP) is 1.19. The van der Waals surface area contributed by atoms with Crippen molar-refractivity contribution < 1.29 is 0 Å². The first kappa shape index (κ1) is 12.4. The van der Waals surface area contributed by atoms with Crippen LogP contribution in [0.25, 0.3) is 0 Å². The second-order valence-electron chi connectivity index (χ2n) is 5.23. The summed E-state index contributed by atoms with van der Waals surface area (Å²) in [5.41, 5.74) is 0. The van der Waals surface area contributed by atoms with Gasteiger partial charge in [-0.25, -0.2) is 0 Å². The van der Waals surface area contributed by atoms with Crippen LogP contribution >= 0.6 is 0 Å². The van der Waals surface area contributed by atoms with Gasteiger partial charge in [-0.3, -0.25) is 5.10 Å². The molecule has 0 unspecified atom stereocenters. The molecule has 0 radical (unpaired) electrons. The minimum absolute atomic E-state index is 0.617. The first-order chi connectivity index (χ1) is 8.19. The van der Waals surface area contributed by atoms with Gasteiger partial charge in [-0.2, -0.15) is 4.98 Å². The number of rotatable bonds is 4. The first-order valence-corrected chi connectivity index (χ1v) is 6.52. The third-order valence-electron chi connectivity index (χ3n) is 3.31. The van der Waals surface area contributed by atoms with Gasteiger partial charge in [-0.15, -0.1) is 5.10 Å². The lowest BCUT2D eigenvalue weighted by molar-refractivity contribution is 0.439. The Morgan fingerprint density at radius 1 is 1.41 bits per heavy atom. The molecule has 0 spiro atoms. The van der Waals surface area contributed by atoms with Gasteiger partial charge in [0.1, 0.15) is 5.82 Å². The molecule has 17 heavy (non-hydrogen) atoms. The fourth-order valence-corrected chi connectivity index (χ4v) is 2.27. The van der Waals surface area contributed by atoms with Gasteiger partial charge >= 0.3 is 0 Å². The van der Waals surface area contributed by atoms with E-state index in [0.717, 1.165) is 31.3 Å². The Labute approximate surface area is 103 Å². The normalized spacial score (nSPS) is 18.0. The van der Waals surface area contributed by atoms with Crippen molar-refractivity contribution in [1.82, 2.24) is 20.5 Å². The molecule has 2 heterocycles. The van der Waals surface area contributed by atoms with Crippen molar-refractivity contribution in [1.29, 1.82) is 0 Å². The zero-order chi connectivity index (χ0) is 12.3. The average Bonchev–Trinajstić information content (AvgIpc) is 2.77. The number of aromatic amines is 1. The lowest BCUT2D eigenvalue weighted by Crippen LogP contribution is -2.41. The van der Waals surface area contributed by atoms with Gasteiger partial charge in [-0.05, 0) is 25.8 Å². The van der Waals surface area contributed by atoms with Gasteiger partial charge in [0.25, 0.3) is 0 Å². The van der Waals surface area contributed by atoms with Gasteiger partial charge in [0.2, 0.25) is 5.95 Å². The molecular weight excluding hydrogens is 214 g/mol. The summed E-state index contributed by atoms with van der Waals surface area (Å²) in [6.45, 7) is 6.48. The fraction of sp³-hybridized carbons (Fsp3) is 0.833. The molecular formula is C12H23N5. The standard InChI is InChI=1S/C12H23N5/c1-9(2)8-11-14-12(16-15-11)17-6-4-10(13-3)5-7-17/h9-10,13H,4-8H2,1-3H3,(H,14,15,16). The number of nitrogens with zero attached hydrogens (tertiary/aromatic N) is 3. The molecule has 1 fully saturated rings. The minimum atomic E-state index is 0.617. The van der Waals surface area contributed by atoms with E-state index in [2.05, 4.69) is 39.2 Å². The fourth-order valence-electron chi connectivity index (χ4n) is 2.27. The summed E-state index contributed by atoms with van der Waals surface area (Å²) >= 11 is 0. The van der Waals surface area contributed by atoms with Crippen LogP contribution in [0.5, 0.6) is 0 Å². The Kier molecular flexibility index (Phi) is 3.99. The topological polar surface area (TPSA) is 56.8 Å². The van der Waals surface area contributed by atoms with Crippen LogP contribution in [0, 0.1) is 5.92 Å². The van der Waals surface area contributed by atoms with Gasteiger partial charge in [0, 0.05) is 25.6 Å². The predicted molar refractivity (Wildman–Crippen MR) is 69.2 cm³/mol. The minimum Gasteiger partial charge on any atom is -0.339 e. The molecule has 0 atom stereocenters. The molecule has 0 saturated carbocycles. The number of nitrogens with one attached hydrogen (secondary N) is 2. The zero-order valence-electron chi connectivity index (χ0n) is 11.0. The number of H-pyrrole nitrogens is 1. The third-order valence-corrected chi connectivity index (χ3v) is 3.31. The van der Waals surface area contributed by atoms with E-state index in [9.17, 15) is 0 Å². The Hall–Kier alpha value is -1.10. The van der Waals surface area contributed by atoms with Crippen LogP contribution < -0.4 is 10.2 Å². The second kappa shape index (κ2) is 5.49. The van der Waals surface area contributed by atoms with Crippen LogP contribution in [0.3, 0.4) is 0 Å². The smallest absolute Gasteiger partial charge is 0.244 e. The maximum Gasteiger partial charge on any atom is 0.244 e. The van der Waals surface area contributed by atoms with E-state index in [1.54, 1.807) is 0 Å². The summed E-state index contributed by atoms with van der Waals surface area (Å²) in [6, 6.07) is 0.653. The Morgan fingerprint density at radius 2 is 2.12 bits per heavy atom. The van der Waals surface area contributed by atoms with E-state index in [1.807, 2.05) is 7.05 Å². The molecule has 2 rings (SSSR count). The Morgan fingerprint density at radius 3 is 2.71 bits per heavy atom. The highest BCUT2D eigenvalue weighted by Crippen LogP contribution is 2.16. The van der Waals surface area contributed by atoms with E-state index in [1.165, 1.54) is 12.8 Å². The van der Waals surface area contributed by atoms with Gasteiger partial charge in [0.15, 0.2) is 0 Å². The number of piperidine rings is 1. The van der Waals surface area contributed by atoms with E-state index >= 15 is 0 Å². The molecule has 96 valence electrons. The average molecular weight is 237 g/mol. The van der Waals surface area contributed by atoms with Crippen molar-refractivity contribution in [3.8, 4) is 0 Å². The molecule has 0 aliphatic carbocycles. The lowest BCUT2D eigenvalue weighted by Gasteiger charge is -2.30. The molecule has 0 bridgehead atoms. The number of hydrogen-bond donors (Lipinski definition) is 2. The number of anilines is 1. The van der Waals surface area contributed by atoms with E-state index in [4.69, 9.17) is 0 Å². The SMILES string of the molecule is CNC1CCN(c2n[nH]c(CC(C)C)n2)CC1. The van der Waals surface area contributed by atoms with Gasteiger partial charge < -0.3 is 10.2 Å². The highest BCUT2D eigenvalue weighted by atomic mass is 15.4. The van der Waals surface area contributed by atoms with Crippen LogP contribution in [-0.2, 0) is 6.42 Å². The maximum atomic E-state index is 4.56. The van der Waals surface area contributed by atoms with Crippen molar-refractivity contribution in [3.05, 3.63) is 5.82 Å². The monoisotopic (exact) mass is 237 g/mol. The van der Waals surface area contributed by atoms with Crippen molar-refractivity contribution >= 4 is 5.95 Å². The lowest BCUT2D eigenvalue weighted by atomic mass is 10.1. The molecule has 1 saturated heterocycles. The highest BCUT2D eigenvalue weighted by molar-refractivity contribution is 5.29. The first-order valence-electron chi connectivity index (χ1n) is 6.52.